The number of halogens is 1. The molecule has 4 aromatic heterocycles. The molecule has 0 saturated heterocycles. The van der Waals surface area contributed by atoms with Crippen LogP contribution in [0.5, 0.6) is 17.4 Å². The predicted octanol–water partition coefficient (Wildman–Crippen LogP) is 2.71. The first-order chi connectivity index (χ1) is 13.6. The highest BCUT2D eigenvalue weighted by Gasteiger charge is 2.16. The molecule has 10 heteroatoms. The van der Waals surface area contributed by atoms with Crippen LogP contribution in [0.1, 0.15) is 10.4 Å². The first kappa shape index (κ1) is 17.3. The molecule has 0 atom stereocenters. The lowest BCUT2D eigenvalue weighted by atomic mass is 10.2. The summed E-state index contributed by atoms with van der Waals surface area (Å²) >= 11 is 0. The van der Waals surface area contributed by atoms with Crippen LogP contribution in [0.15, 0.2) is 55.2 Å². The normalized spacial score (nSPS) is 10.6. The molecule has 0 radical (unpaired) electrons. The first-order valence-corrected chi connectivity index (χ1v) is 8.06. The summed E-state index contributed by atoms with van der Waals surface area (Å²) in [6.07, 6.45) is 5.42. The standard InChI is InChI=1S/C18H13FN6O3/c1-27-16-4-2-3-15(22-16)23-18(26)14-6-13(9-25-10-21-24-17(14)25)28-12-5-11(19)7-20-8-12/h2-10H,1H3,(H,22,23,26). The Kier molecular flexibility index (Phi) is 4.50. The van der Waals surface area contributed by atoms with Crippen LogP contribution in [-0.2, 0) is 0 Å². The van der Waals surface area contributed by atoms with Crippen LogP contribution in [0, 0.1) is 5.82 Å². The van der Waals surface area contributed by atoms with Crippen molar-refractivity contribution in [3.8, 4) is 17.4 Å². The molecule has 28 heavy (non-hydrogen) atoms. The predicted molar refractivity (Wildman–Crippen MR) is 96.0 cm³/mol. The number of nitrogens with zero attached hydrogens (tertiary/aromatic N) is 5. The van der Waals surface area contributed by atoms with Crippen molar-refractivity contribution < 1.29 is 18.7 Å². The summed E-state index contributed by atoms with van der Waals surface area (Å²) in [6, 6.07) is 7.65. The van der Waals surface area contributed by atoms with Gasteiger partial charge in [0.25, 0.3) is 5.91 Å². The molecule has 4 heterocycles. The lowest BCUT2D eigenvalue weighted by Gasteiger charge is -2.10. The van der Waals surface area contributed by atoms with Crippen molar-refractivity contribution in [1.82, 2.24) is 24.6 Å². The molecule has 140 valence electrons. The van der Waals surface area contributed by atoms with E-state index in [-0.39, 0.29) is 17.1 Å². The molecular weight excluding hydrogens is 367 g/mol. The van der Waals surface area contributed by atoms with Gasteiger partial charge in [0.2, 0.25) is 5.88 Å². The van der Waals surface area contributed by atoms with Gasteiger partial charge in [-0.1, -0.05) is 6.07 Å². The van der Waals surface area contributed by atoms with Crippen LogP contribution >= 0.6 is 0 Å². The van der Waals surface area contributed by atoms with E-state index in [0.717, 1.165) is 6.20 Å². The van der Waals surface area contributed by atoms with Gasteiger partial charge in [0, 0.05) is 12.1 Å². The fourth-order valence-electron chi connectivity index (χ4n) is 2.50. The minimum absolute atomic E-state index is 0.188. The maximum absolute atomic E-state index is 13.3. The number of methoxy groups -OCH3 is 1. The Hall–Kier alpha value is -4.08. The number of carbonyl (C=O) groups is 1. The number of ether oxygens (including phenoxy) is 2. The second-order valence-corrected chi connectivity index (χ2v) is 5.61. The second kappa shape index (κ2) is 7.27. The van der Waals surface area contributed by atoms with Gasteiger partial charge in [0.05, 0.1) is 31.3 Å². The third-order valence-corrected chi connectivity index (χ3v) is 3.70. The lowest BCUT2D eigenvalue weighted by Crippen LogP contribution is -2.14. The van der Waals surface area contributed by atoms with E-state index in [4.69, 9.17) is 9.47 Å². The molecule has 0 aliphatic carbocycles. The van der Waals surface area contributed by atoms with Crippen molar-refractivity contribution in [3.05, 3.63) is 66.6 Å². The number of rotatable bonds is 5. The SMILES string of the molecule is COc1cccc(NC(=O)c2cc(Oc3cncc(F)c3)cn3cnnc23)n1. The molecule has 9 nitrogen and oxygen atoms in total. The topological polar surface area (TPSA) is 104 Å². The number of hydrogen-bond acceptors (Lipinski definition) is 7. The molecular formula is C18H13FN6O3. The minimum Gasteiger partial charge on any atom is -0.481 e. The van der Waals surface area contributed by atoms with Gasteiger partial charge in [-0.2, -0.15) is 4.98 Å². The Bertz CT molecular complexity index is 1160. The monoisotopic (exact) mass is 380 g/mol. The molecule has 0 aliphatic heterocycles. The average Bonchev–Trinajstić information content (AvgIpc) is 3.16. The highest BCUT2D eigenvalue weighted by Crippen LogP contribution is 2.24. The van der Waals surface area contributed by atoms with Crippen LogP contribution in [0.25, 0.3) is 5.65 Å². The number of fused-ring (bicyclic) bond motifs is 1. The third kappa shape index (κ3) is 3.56. The summed E-state index contributed by atoms with van der Waals surface area (Å²) in [6.45, 7) is 0. The summed E-state index contributed by atoms with van der Waals surface area (Å²) in [5.41, 5.74) is 0.522. The molecule has 4 aromatic rings. The van der Waals surface area contributed by atoms with E-state index in [2.05, 4.69) is 25.5 Å². The van der Waals surface area contributed by atoms with Crippen molar-refractivity contribution >= 4 is 17.4 Å². The van der Waals surface area contributed by atoms with Crippen LogP contribution in [-0.4, -0.2) is 37.6 Å². The van der Waals surface area contributed by atoms with Gasteiger partial charge >= 0.3 is 0 Å². The summed E-state index contributed by atoms with van der Waals surface area (Å²) in [5, 5.41) is 10.4. The number of hydrogen-bond donors (Lipinski definition) is 1. The van der Waals surface area contributed by atoms with Crippen LogP contribution in [0.3, 0.4) is 0 Å². The number of nitrogens with one attached hydrogen (secondary N) is 1. The van der Waals surface area contributed by atoms with Crippen molar-refractivity contribution in [2.45, 2.75) is 0 Å². The Morgan fingerprint density at radius 1 is 1.21 bits per heavy atom. The summed E-state index contributed by atoms with van der Waals surface area (Å²) in [4.78, 5) is 20.7. The molecule has 0 unspecified atom stereocenters. The lowest BCUT2D eigenvalue weighted by molar-refractivity contribution is 0.102. The number of pyridine rings is 3. The molecule has 1 N–H and O–H groups in total. The summed E-state index contributed by atoms with van der Waals surface area (Å²) < 4.78 is 25.5. The quantitative estimate of drug-likeness (QED) is 0.568. The molecule has 0 bridgehead atoms. The number of carbonyl (C=O) groups excluding carboxylic acids is 1. The molecule has 0 saturated carbocycles. The second-order valence-electron chi connectivity index (χ2n) is 5.61. The zero-order valence-electron chi connectivity index (χ0n) is 14.5. The van der Waals surface area contributed by atoms with Gasteiger partial charge < -0.3 is 14.8 Å². The fraction of sp³-hybridized carbons (Fsp3) is 0.0556. The Balaban J connectivity index is 1.67. The maximum Gasteiger partial charge on any atom is 0.260 e. The van der Waals surface area contributed by atoms with Crippen LogP contribution < -0.4 is 14.8 Å². The Morgan fingerprint density at radius 2 is 2.11 bits per heavy atom. The van der Waals surface area contributed by atoms with E-state index in [0.29, 0.717) is 17.3 Å². The highest BCUT2D eigenvalue weighted by atomic mass is 19.1. The highest BCUT2D eigenvalue weighted by molar-refractivity contribution is 6.08. The van der Waals surface area contributed by atoms with Crippen molar-refractivity contribution in [1.29, 1.82) is 0 Å². The molecule has 0 aromatic carbocycles. The Labute approximate surface area is 157 Å². The van der Waals surface area contributed by atoms with Crippen LogP contribution in [0.2, 0.25) is 0 Å². The van der Waals surface area contributed by atoms with Crippen molar-refractivity contribution in [2.75, 3.05) is 12.4 Å². The largest absolute Gasteiger partial charge is 0.481 e. The first-order valence-electron chi connectivity index (χ1n) is 8.06. The van der Waals surface area contributed by atoms with Gasteiger partial charge in [0.1, 0.15) is 29.5 Å². The summed E-state index contributed by atoms with van der Waals surface area (Å²) in [7, 11) is 1.48. The van der Waals surface area contributed by atoms with E-state index < -0.39 is 11.7 Å². The average molecular weight is 380 g/mol. The van der Waals surface area contributed by atoms with E-state index in [1.165, 1.54) is 36.2 Å². The molecule has 1 amide bonds. The molecule has 0 aliphatic rings. The summed E-state index contributed by atoms with van der Waals surface area (Å²) in [5.74, 6) is 0.131. The van der Waals surface area contributed by atoms with Gasteiger partial charge in [0.15, 0.2) is 5.65 Å². The fourth-order valence-corrected chi connectivity index (χ4v) is 2.50. The van der Waals surface area contributed by atoms with Crippen molar-refractivity contribution in [3.63, 3.8) is 0 Å². The molecule has 0 spiro atoms. The zero-order valence-corrected chi connectivity index (χ0v) is 14.5. The van der Waals surface area contributed by atoms with Gasteiger partial charge in [-0.15, -0.1) is 10.2 Å². The molecule has 4 rings (SSSR count). The van der Waals surface area contributed by atoms with Gasteiger partial charge in [-0.3, -0.25) is 14.2 Å². The van der Waals surface area contributed by atoms with Crippen molar-refractivity contribution in [2.24, 2.45) is 0 Å². The smallest absolute Gasteiger partial charge is 0.260 e. The van der Waals surface area contributed by atoms with E-state index in [1.54, 1.807) is 24.4 Å². The third-order valence-electron chi connectivity index (χ3n) is 3.70. The van der Waals surface area contributed by atoms with E-state index in [9.17, 15) is 9.18 Å². The minimum atomic E-state index is -0.537. The molecule has 0 fully saturated rings. The van der Waals surface area contributed by atoms with Crippen LogP contribution in [0.4, 0.5) is 10.2 Å². The van der Waals surface area contributed by atoms with Gasteiger partial charge in [-0.25, -0.2) is 4.39 Å². The Morgan fingerprint density at radius 3 is 2.93 bits per heavy atom. The number of amides is 1. The maximum atomic E-state index is 13.3. The van der Waals surface area contributed by atoms with Gasteiger partial charge in [-0.05, 0) is 12.1 Å². The zero-order chi connectivity index (χ0) is 19.5. The number of anilines is 1. The number of aromatic nitrogens is 5. The van der Waals surface area contributed by atoms with E-state index >= 15 is 0 Å². The van der Waals surface area contributed by atoms with E-state index in [1.807, 2.05) is 0 Å².